The molecule has 2 heterocycles. The van der Waals surface area contributed by atoms with Crippen LogP contribution in [0.2, 0.25) is 0 Å². The number of nitrogens with two attached hydrogens (primary N) is 1. The van der Waals surface area contributed by atoms with Crippen LogP contribution in [0.25, 0.3) is 23.0 Å². The van der Waals surface area contributed by atoms with Crippen molar-refractivity contribution < 1.29 is 8.91 Å². The molecule has 0 amide bonds. The Morgan fingerprint density at radius 3 is 2.89 bits per heavy atom. The number of hydrogen-bond donors (Lipinski definition) is 1. The zero-order valence-electron chi connectivity index (χ0n) is 9.62. The van der Waals surface area contributed by atoms with Gasteiger partial charge in [-0.25, -0.2) is 14.4 Å². The smallest absolute Gasteiger partial charge is 0.260 e. The lowest BCUT2D eigenvalue weighted by molar-refractivity contribution is 0.432. The van der Waals surface area contributed by atoms with E-state index >= 15 is 0 Å². The summed E-state index contributed by atoms with van der Waals surface area (Å²) in [6.07, 6.45) is 2.94. The molecule has 19 heavy (non-hydrogen) atoms. The van der Waals surface area contributed by atoms with E-state index in [9.17, 15) is 4.39 Å². The van der Waals surface area contributed by atoms with Crippen molar-refractivity contribution in [1.29, 1.82) is 0 Å². The van der Waals surface area contributed by atoms with Crippen molar-refractivity contribution >= 4 is 5.69 Å². The Bertz CT molecular complexity index is 713. The molecule has 0 spiro atoms. The predicted molar refractivity (Wildman–Crippen MR) is 65.1 cm³/mol. The van der Waals surface area contributed by atoms with Crippen molar-refractivity contribution in [3.05, 3.63) is 42.6 Å². The van der Waals surface area contributed by atoms with E-state index in [-0.39, 0.29) is 5.89 Å². The summed E-state index contributed by atoms with van der Waals surface area (Å²) in [5.41, 5.74) is 6.98. The molecule has 3 rings (SSSR count). The highest BCUT2D eigenvalue weighted by molar-refractivity contribution is 5.71. The van der Waals surface area contributed by atoms with Crippen LogP contribution in [0.1, 0.15) is 0 Å². The molecular weight excluding hydrogens is 249 g/mol. The Morgan fingerprint density at radius 2 is 2.11 bits per heavy atom. The first-order valence-corrected chi connectivity index (χ1v) is 5.39. The van der Waals surface area contributed by atoms with Gasteiger partial charge in [-0.2, -0.15) is 4.98 Å². The van der Waals surface area contributed by atoms with Gasteiger partial charge in [0.15, 0.2) is 0 Å². The Hall–Kier alpha value is -2.83. The molecule has 0 fully saturated rings. The second kappa shape index (κ2) is 4.45. The summed E-state index contributed by atoms with van der Waals surface area (Å²) in [4.78, 5) is 11.9. The lowest BCUT2D eigenvalue weighted by Crippen LogP contribution is -1.91. The lowest BCUT2D eigenvalue weighted by Gasteiger charge is -1.99. The maximum absolute atomic E-state index is 13.2. The van der Waals surface area contributed by atoms with E-state index < -0.39 is 5.82 Å². The molecule has 0 aliphatic carbocycles. The Labute approximate surface area is 107 Å². The van der Waals surface area contributed by atoms with Crippen LogP contribution in [0.15, 0.2) is 41.3 Å². The zero-order valence-corrected chi connectivity index (χ0v) is 9.62. The summed E-state index contributed by atoms with van der Waals surface area (Å²) in [5, 5.41) is 3.78. The quantitative estimate of drug-likeness (QED) is 0.705. The molecule has 0 aliphatic heterocycles. The summed E-state index contributed by atoms with van der Waals surface area (Å²) < 4.78 is 18.3. The lowest BCUT2D eigenvalue weighted by atomic mass is 10.2. The maximum atomic E-state index is 13.2. The van der Waals surface area contributed by atoms with Gasteiger partial charge in [0.25, 0.3) is 5.89 Å². The number of aromatic nitrogens is 4. The average Bonchev–Trinajstić information content (AvgIpc) is 2.92. The maximum Gasteiger partial charge on any atom is 0.260 e. The number of rotatable bonds is 2. The van der Waals surface area contributed by atoms with Crippen molar-refractivity contribution in [1.82, 2.24) is 20.1 Å². The van der Waals surface area contributed by atoms with Crippen LogP contribution in [0.3, 0.4) is 0 Å². The molecule has 0 bridgehead atoms. The zero-order chi connectivity index (χ0) is 13.2. The van der Waals surface area contributed by atoms with Crippen molar-refractivity contribution in [2.24, 2.45) is 0 Å². The van der Waals surface area contributed by atoms with Crippen LogP contribution in [-0.2, 0) is 0 Å². The van der Waals surface area contributed by atoms with Gasteiger partial charge in [-0.3, -0.25) is 0 Å². The standard InChI is InChI=1S/C12H8FN5O/c13-7-1-2-9(14)8(5-7)12-17-11(18-19-12)10-3-4-15-6-16-10/h1-6H,14H2. The van der Waals surface area contributed by atoms with Gasteiger partial charge >= 0.3 is 0 Å². The van der Waals surface area contributed by atoms with Crippen molar-refractivity contribution in [3.63, 3.8) is 0 Å². The topological polar surface area (TPSA) is 90.7 Å². The summed E-state index contributed by atoms with van der Waals surface area (Å²) in [6, 6.07) is 5.59. The molecule has 6 nitrogen and oxygen atoms in total. The first-order chi connectivity index (χ1) is 9.24. The Morgan fingerprint density at radius 1 is 1.21 bits per heavy atom. The molecular formula is C12H8FN5O. The van der Waals surface area contributed by atoms with Crippen molar-refractivity contribution in [2.75, 3.05) is 5.73 Å². The first kappa shape index (κ1) is 11.3. The van der Waals surface area contributed by atoms with Gasteiger partial charge in [0.2, 0.25) is 5.82 Å². The fraction of sp³-hybridized carbons (Fsp3) is 0. The van der Waals surface area contributed by atoms with E-state index in [1.807, 2.05) is 0 Å². The third-order valence-electron chi connectivity index (χ3n) is 2.48. The third kappa shape index (κ3) is 2.13. The van der Waals surface area contributed by atoms with E-state index in [1.54, 1.807) is 12.3 Å². The number of hydrogen-bond acceptors (Lipinski definition) is 6. The average molecular weight is 257 g/mol. The number of halogens is 1. The molecule has 94 valence electrons. The number of anilines is 1. The van der Waals surface area contributed by atoms with Crippen molar-refractivity contribution in [2.45, 2.75) is 0 Å². The molecule has 0 radical (unpaired) electrons. The highest BCUT2D eigenvalue weighted by atomic mass is 19.1. The second-order valence-electron chi connectivity index (χ2n) is 3.75. The Kier molecular flexibility index (Phi) is 2.64. The van der Waals surface area contributed by atoms with Crippen LogP contribution >= 0.6 is 0 Å². The number of nitrogen functional groups attached to an aromatic ring is 1. The summed E-state index contributed by atoms with van der Waals surface area (Å²) >= 11 is 0. The molecule has 7 heteroatoms. The highest BCUT2D eigenvalue weighted by Crippen LogP contribution is 2.26. The van der Waals surface area contributed by atoms with Crippen molar-refractivity contribution in [3.8, 4) is 23.0 Å². The molecule has 0 atom stereocenters. The fourth-order valence-corrected chi connectivity index (χ4v) is 1.57. The monoisotopic (exact) mass is 257 g/mol. The second-order valence-corrected chi connectivity index (χ2v) is 3.75. The van der Waals surface area contributed by atoms with E-state index in [0.29, 0.717) is 22.8 Å². The normalized spacial score (nSPS) is 10.6. The van der Waals surface area contributed by atoms with Gasteiger partial charge in [0, 0.05) is 11.9 Å². The molecule has 0 aliphatic rings. The largest absolute Gasteiger partial charge is 0.398 e. The van der Waals surface area contributed by atoms with Gasteiger partial charge in [-0.1, -0.05) is 5.16 Å². The summed E-state index contributed by atoms with van der Waals surface area (Å²) in [5.74, 6) is 0.0117. The van der Waals surface area contributed by atoms with Gasteiger partial charge in [0.1, 0.15) is 17.8 Å². The van der Waals surface area contributed by atoms with E-state index in [2.05, 4.69) is 20.1 Å². The number of nitrogens with zero attached hydrogens (tertiary/aromatic N) is 4. The minimum atomic E-state index is -0.425. The molecule has 0 saturated carbocycles. The SMILES string of the molecule is Nc1ccc(F)cc1-c1nc(-c2ccncn2)no1. The van der Waals surface area contributed by atoms with Crippen LogP contribution in [0.5, 0.6) is 0 Å². The summed E-state index contributed by atoms with van der Waals surface area (Å²) in [6.45, 7) is 0. The number of benzene rings is 1. The van der Waals surface area contributed by atoms with E-state index in [4.69, 9.17) is 10.3 Å². The molecule has 2 aromatic heterocycles. The minimum absolute atomic E-state index is 0.144. The fourth-order valence-electron chi connectivity index (χ4n) is 1.57. The van der Waals surface area contributed by atoms with Crippen LogP contribution in [0, 0.1) is 5.82 Å². The minimum Gasteiger partial charge on any atom is -0.398 e. The highest BCUT2D eigenvalue weighted by Gasteiger charge is 2.14. The first-order valence-electron chi connectivity index (χ1n) is 5.39. The third-order valence-corrected chi connectivity index (χ3v) is 2.48. The van der Waals surface area contributed by atoms with Crippen LogP contribution in [0.4, 0.5) is 10.1 Å². The van der Waals surface area contributed by atoms with Gasteiger partial charge in [-0.15, -0.1) is 0 Å². The molecule has 3 aromatic rings. The molecule has 2 N–H and O–H groups in total. The Balaban J connectivity index is 2.04. The van der Waals surface area contributed by atoms with E-state index in [1.165, 1.54) is 24.5 Å². The van der Waals surface area contributed by atoms with Crippen LogP contribution < -0.4 is 5.73 Å². The van der Waals surface area contributed by atoms with Gasteiger partial charge < -0.3 is 10.3 Å². The molecule has 0 saturated heterocycles. The summed E-state index contributed by atoms with van der Waals surface area (Å²) in [7, 11) is 0. The van der Waals surface area contributed by atoms with Gasteiger partial charge in [0.05, 0.1) is 5.56 Å². The van der Waals surface area contributed by atoms with E-state index in [0.717, 1.165) is 0 Å². The molecule has 0 unspecified atom stereocenters. The molecule has 1 aromatic carbocycles. The predicted octanol–water partition coefficient (Wildman–Crippen LogP) is 1.91. The van der Waals surface area contributed by atoms with Gasteiger partial charge in [-0.05, 0) is 24.3 Å². The van der Waals surface area contributed by atoms with Crippen LogP contribution in [-0.4, -0.2) is 20.1 Å².